The van der Waals surface area contributed by atoms with E-state index in [2.05, 4.69) is 46.1 Å². The first-order valence-corrected chi connectivity index (χ1v) is 7.26. The maximum Gasteiger partial charge on any atom is 0.108 e. The third-order valence-corrected chi connectivity index (χ3v) is 4.40. The number of aryl methyl sites for hydroxylation is 1. The van der Waals surface area contributed by atoms with E-state index >= 15 is 0 Å². The summed E-state index contributed by atoms with van der Waals surface area (Å²) in [5.74, 6) is 0. The molecule has 1 aromatic heterocycles. The van der Waals surface area contributed by atoms with Gasteiger partial charge in [-0.2, -0.15) is 0 Å². The molecule has 0 saturated carbocycles. The fraction of sp³-hybridized carbons (Fsp3) is 0.714. The van der Waals surface area contributed by atoms with Crippen LogP contribution in [-0.2, 0) is 4.74 Å². The van der Waals surface area contributed by atoms with Crippen molar-refractivity contribution in [3.05, 3.63) is 21.9 Å². The summed E-state index contributed by atoms with van der Waals surface area (Å²) in [6.07, 6.45) is 1.95. The fourth-order valence-electron chi connectivity index (χ4n) is 1.65. The van der Waals surface area contributed by atoms with Crippen molar-refractivity contribution in [2.45, 2.75) is 65.2 Å². The van der Waals surface area contributed by atoms with E-state index in [1.165, 1.54) is 10.4 Å². The zero-order chi connectivity index (χ0) is 13.1. The summed E-state index contributed by atoms with van der Waals surface area (Å²) >= 11 is 1.75. The summed E-state index contributed by atoms with van der Waals surface area (Å²) in [7, 11) is 0. The van der Waals surface area contributed by atoms with Crippen molar-refractivity contribution in [1.29, 1.82) is 0 Å². The Morgan fingerprint density at radius 3 is 2.47 bits per heavy atom. The number of rotatable bonds is 6. The lowest BCUT2D eigenvalue weighted by molar-refractivity contribution is -0.0845. The summed E-state index contributed by atoms with van der Waals surface area (Å²) in [6.45, 7) is 10.7. The van der Waals surface area contributed by atoms with E-state index in [0.29, 0.717) is 0 Å². The molecule has 0 aromatic carbocycles. The molecular formula is C14H25NOS. The molecule has 0 saturated heterocycles. The van der Waals surface area contributed by atoms with Gasteiger partial charge in [-0.25, -0.2) is 0 Å². The topological polar surface area (TPSA) is 35.2 Å². The highest BCUT2D eigenvalue weighted by Gasteiger charge is 2.28. The highest BCUT2D eigenvalue weighted by atomic mass is 32.1. The van der Waals surface area contributed by atoms with Crippen molar-refractivity contribution in [2.24, 2.45) is 5.73 Å². The van der Waals surface area contributed by atoms with Crippen LogP contribution in [0.15, 0.2) is 11.4 Å². The van der Waals surface area contributed by atoms with Crippen LogP contribution in [0, 0.1) is 6.92 Å². The molecule has 1 heterocycles. The first kappa shape index (κ1) is 14.7. The molecule has 0 aliphatic carbocycles. The number of hydrogen-bond acceptors (Lipinski definition) is 3. The molecule has 2 unspecified atom stereocenters. The second-order valence-electron chi connectivity index (χ2n) is 5.19. The summed E-state index contributed by atoms with van der Waals surface area (Å²) in [4.78, 5) is 1.28. The van der Waals surface area contributed by atoms with Crippen LogP contribution in [0.25, 0.3) is 0 Å². The Balaban J connectivity index is 2.93. The van der Waals surface area contributed by atoms with Crippen molar-refractivity contribution in [3.8, 4) is 0 Å². The van der Waals surface area contributed by atoms with Crippen LogP contribution in [0.2, 0.25) is 0 Å². The van der Waals surface area contributed by atoms with Gasteiger partial charge in [0.1, 0.15) is 6.10 Å². The van der Waals surface area contributed by atoms with Crippen LogP contribution in [0.4, 0.5) is 0 Å². The van der Waals surface area contributed by atoms with Crippen LogP contribution in [0.3, 0.4) is 0 Å². The van der Waals surface area contributed by atoms with E-state index in [9.17, 15) is 0 Å². The normalized spacial score (nSPS) is 15.9. The molecule has 0 spiro atoms. The van der Waals surface area contributed by atoms with Crippen LogP contribution < -0.4 is 5.73 Å². The quantitative estimate of drug-likeness (QED) is 0.832. The Morgan fingerprint density at radius 2 is 2.06 bits per heavy atom. The smallest absolute Gasteiger partial charge is 0.108 e. The number of nitrogens with two attached hydrogens (primary N) is 1. The highest BCUT2D eigenvalue weighted by Crippen LogP contribution is 2.34. The second-order valence-corrected chi connectivity index (χ2v) is 6.14. The van der Waals surface area contributed by atoms with Gasteiger partial charge in [-0.05, 0) is 50.6 Å². The van der Waals surface area contributed by atoms with Crippen molar-refractivity contribution < 1.29 is 4.74 Å². The van der Waals surface area contributed by atoms with Crippen molar-refractivity contribution in [3.63, 3.8) is 0 Å². The lowest BCUT2D eigenvalue weighted by Gasteiger charge is -2.33. The van der Waals surface area contributed by atoms with Crippen molar-refractivity contribution >= 4 is 11.3 Å². The monoisotopic (exact) mass is 255 g/mol. The first-order chi connectivity index (χ1) is 7.91. The third kappa shape index (κ3) is 3.80. The minimum absolute atomic E-state index is 0.0231. The van der Waals surface area contributed by atoms with Gasteiger partial charge in [0.25, 0.3) is 0 Å². The molecule has 0 fully saturated rings. The van der Waals surface area contributed by atoms with E-state index in [4.69, 9.17) is 10.5 Å². The van der Waals surface area contributed by atoms with Gasteiger partial charge in [-0.15, -0.1) is 11.3 Å². The van der Waals surface area contributed by atoms with Crippen LogP contribution in [-0.4, -0.2) is 11.6 Å². The largest absolute Gasteiger partial charge is 0.365 e. The zero-order valence-electron chi connectivity index (χ0n) is 11.6. The number of ether oxygens (including phenoxy) is 1. The third-order valence-electron chi connectivity index (χ3n) is 3.32. The van der Waals surface area contributed by atoms with E-state index in [1.807, 2.05) is 0 Å². The Hall–Kier alpha value is -0.380. The van der Waals surface area contributed by atoms with Gasteiger partial charge in [0, 0.05) is 10.9 Å². The van der Waals surface area contributed by atoms with E-state index in [-0.39, 0.29) is 17.7 Å². The summed E-state index contributed by atoms with van der Waals surface area (Å²) in [5.41, 5.74) is 7.39. The lowest BCUT2D eigenvalue weighted by Crippen LogP contribution is -2.36. The molecule has 1 aromatic rings. The Labute approximate surface area is 109 Å². The van der Waals surface area contributed by atoms with Gasteiger partial charge in [0.15, 0.2) is 0 Å². The summed E-state index contributed by atoms with van der Waals surface area (Å²) in [5, 5.41) is 2.11. The molecule has 0 amide bonds. The minimum Gasteiger partial charge on any atom is -0.365 e. The standard InChI is InChI=1S/C14H25NOS/c1-6-11(15)12(16-14(4,5)7-2)13-10(3)8-9-17-13/h8-9,11-12H,6-7,15H2,1-5H3. The summed E-state index contributed by atoms with van der Waals surface area (Å²) < 4.78 is 6.25. The second kappa shape index (κ2) is 5.98. The SMILES string of the molecule is CCC(N)C(OC(C)(C)CC)c1sccc1C. The van der Waals surface area contributed by atoms with Crippen molar-refractivity contribution in [2.75, 3.05) is 0 Å². The lowest BCUT2D eigenvalue weighted by atomic mass is 10.0. The summed E-state index contributed by atoms with van der Waals surface area (Å²) in [6, 6.07) is 2.20. The van der Waals surface area contributed by atoms with E-state index in [0.717, 1.165) is 12.8 Å². The van der Waals surface area contributed by atoms with Gasteiger partial charge in [0.2, 0.25) is 0 Å². The Bertz CT molecular complexity index is 346. The van der Waals surface area contributed by atoms with Crippen LogP contribution >= 0.6 is 11.3 Å². The van der Waals surface area contributed by atoms with E-state index < -0.39 is 0 Å². The molecular weight excluding hydrogens is 230 g/mol. The predicted octanol–water partition coefficient (Wildman–Crippen LogP) is 4.04. The van der Waals surface area contributed by atoms with Crippen LogP contribution in [0.1, 0.15) is 57.1 Å². The van der Waals surface area contributed by atoms with Gasteiger partial charge < -0.3 is 10.5 Å². The van der Waals surface area contributed by atoms with Crippen molar-refractivity contribution in [1.82, 2.24) is 0 Å². The van der Waals surface area contributed by atoms with Gasteiger partial charge in [-0.1, -0.05) is 13.8 Å². The average Bonchev–Trinajstić information content (AvgIpc) is 2.71. The van der Waals surface area contributed by atoms with Crippen LogP contribution in [0.5, 0.6) is 0 Å². The molecule has 98 valence electrons. The molecule has 2 nitrogen and oxygen atoms in total. The highest BCUT2D eigenvalue weighted by molar-refractivity contribution is 7.10. The maximum atomic E-state index is 6.25. The predicted molar refractivity (Wildman–Crippen MR) is 75.5 cm³/mol. The Morgan fingerprint density at radius 1 is 1.41 bits per heavy atom. The molecule has 0 aliphatic rings. The molecule has 0 bridgehead atoms. The molecule has 2 N–H and O–H groups in total. The maximum absolute atomic E-state index is 6.25. The van der Waals surface area contributed by atoms with Gasteiger partial charge in [0.05, 0.1) is 5.60 Å². The first-order valence-electron chi connectivity index (χ1n) is 6.38. The molecule has 0 radical (unpaired) electrons. The molecule has 3 heteroatoms. The number of hydrogen-bond donors (Lipinski definition) is 1. The van der Waals surface area contributed by atoms with Gasteiger partial charge >= 0.3 is 0 Å². The Kier molecular flexibility index (Phi) is 5.17. The molecule has 2 atom stereocenters. The average molecular weight is 255 g/mol. The minimum atomic E-state index is -0.117. The molecule has 0 aliphatic heterocycles. The fourth-order valence-corrected chi connectivity index (χ4v) is 2.68. The molecule has 17 heavy (non-hydrogen) atoms. The van der Waals surface area contributed by atoms with E-state index in [1.54, 1.807) is 11.3 Å². The molecule has 1 rings (SSSR count). The zero-order valence-corrected chi connectivity index (χ0v) is 12.4. The van der Waals surface area contributed by atoms with Gasteiger partial charge in [-0.3, -0.25) is 0 Å². The number of thiophene rings is 1.